The van der Waals surface area contributed by atoms with Crippen molar-refractivity contribution < 1.29 is 9.59 Å². The minimum absolute atomic E-state index is 0.140. The number of hydrogen-bond donors (Lipinski definition) is 2. The Labute approximate surface area is 157 Å². The minimum Gasteiger partial charge on any atom is -0.326 e. The molecule has 2 aromatic heterocycles. The van der Waals surface area contributed by atoms with Crippen molar-refractivity contribution in [1.82, 2.24) is 4.98 Å². The van der Waals surface area contributed by atoms with Crippen molar-refractivity contribution in [2.24, 2.45) is 0 Å². The molecule has 0 aliphatic rings. The fraction of sp³-hybridized carbons (Fsp3) is 0.118. The van der Waals surface area contributed by atoms with Gasteiger partial charge in [-0.3, -0.25) is 14.9 Å². The highest BCUT2D eigenvalue weighted by atomic mass is 32.2. The van der Waals surface area contributed by atoms with Gasteiger partial charge >= 0.3 is 0 Å². The van der Waals surface area contributed by atoms with Crippen molar-refractivity contribution in [3.63, 3.8) is 0 Å². The first kappa shape index (κ1) is 17.7. The van der Waals surface area contributed by atoms with E-state index >= 15 is 0 Å². The number of thiophene rings is 1. The molecule has 0 aliphatic carbocycles. The highest BCUT2D eigenvalue weighted by Crippen LogP contribution is 2.20. The average Bonchev–Trinajstić information content (AvgIpc) is 3.27. The molecule has 3 aromatic rings. The molecular weight excluding hydrogens is 374 g/mol. The lowest BCUT2D eigenvalue weighted by molar-refractivity contribution is -0.115. The number of carbonyl (C=O) groups excluding carboxylic acids is 2. The van der Waals surface area contributed by atoms with Gasteiger partial charge in [-0.05, 0) is 35.9 Å². The minimum atomic E-state index is -0.194. The molecule has 8 heteroatoms. The van der Waals surface area contributed by atoms with Crippen LogP contribution >= 0.6 is 34.4 Å². The van der Waals surface area contributed by atoms with E-state index in [1.165, 1.54) is 22.7 Å². The summed E-state index contributed by atoms with van der Waals surface area (Å²) in [6, 6.07) is 9.43. The molecule has 0 aliphatic heterocycles. The van der Waals surface area contributed by atoms with Gasteiger partial charge in [0.15, 0.2) is 5.13 Å². The summed E-state index contributed by atoms with van der Waals surface area (Å²) in [5.74, 6) is -0.334. The number of hydrogen-bond acceptors (Lipinski definition) is 6. The first-order valence-corrected chi connectivity index (χ1v) is 10.4. The van der Waals surface area contributed by atoms with E-state index in [2.05, 4.69) is 15.6 Å². The number of thioether (sulfide) groups is 1. The topological polar surface area (TPSA) is 71.1 Å². The third kappa shape index (κ3) is 4.91. The van der Waals surface area contributed by atoms with Crippen molar-refractivity contribution in [2.45, 2.75) is 11.3 Å². The molecule has 128 valence electrons. The fourth-order valence-corrected chi connectivity index (χ4v) is 3.88. The van der Waals surface area contributed by atoms with Gasteiger partial charge in [0, 0.05) is 21.3 Å². The van der Waals surface area contributed by atoms with Crippen molar-refractivity contribution in [3.05, 3.63) is 57.7 Å². The molecule has 0 radical (unpaired) electrons. The van der Waals surface area contributed by atoms with Gasteiger partial charge in [-0.25, -0.2) is 4.98 Å². The van der Waals surface area contributed by atoms with Gasteiger partial charge < -0.3 is 5.32 Å². The van der Waals surface area contributed by atoms with E-state index in [0.29, 0.717) is 16.4 Å². The molecule has 0 fully saturated rings. The van der Waals surface area contributed by atoms with E-state index in [0.717, 1.165) is 10.6 Å². The van der Waals surface area contributed by atoms with Gasteiger partial charge in [0.2, 0.25) is 5.91 Å². The molecule has 2 N–H and O–H groups in total. The summed E-state index contributed by atoms with van der Waals surface area (Å²) in [5.41, 5.74) is 2.00. The smallest absolute Gasteiger partial charge is 0.258 e. The van der Waals surface area contributed by atoms with Crippen LogP contribution in [0.15, 0.2) is 51.4 Å². The summed E-state index contributed by atoms with van der Waals surface area (Å²) in [7, 11) is 0. The molecular formula is C17H15N3O2S3. The second kappa shape index (κ2) is 8.28. The number of aromatic nitrogens is 1. The van der Waals surface area contributed by atoms with Gasteiger partial charge in [-0.2, -0.15) is 11.3 Å². The normalized spacial score (nSPS) is 10.4. The Hall–Kier alpha value is -2.16. The first-order chi connectivity index (χ1) is 12.1. The molecule has 0 atom stereocenters. The number of anilines is 2. The zero-order valence-corrected chi connectivity index (χ0v) is 15.8. The molecule has 5 nitrogen and oxygen atoms in total. The Bertz CT molecular complexity index is 875. The van der Waals surface area contributed by atoms with Crippen molar-refractivity contribution >= 4 is 57.1 Å². The maximum Gasteiger partial charge on any atom is 0.258 e. The van der Waals surface area contributed by atoms with Crippen LogP contribution in [0.4, 0.5) is 10.8 Å². The van der Waals surface area contributed by atoms with Crippen LogP contribution in [-0.4, -0.2) is 23.1 Å². The zero-order chi connectivity index (χ0) is 17.6. The maximum absolute atomic E-state index is 12.2. The second-order valence-electron chi connectivity index (χ2n) is 5.07. The highest BCUT2D eigenvalue weighted by Gasteiger charge is 2.11. The molecule has 0 bridgehead atoms. The third-order valence-electron chi connectivity index (χ3n) is 3.25. The van der Waals surface area contributed by atoms with Crippen LogP contribution in [0.5, 0.6) is 0 Å². The monoisotopic (exact) mass is 389 g/mol. The Morgan fingerprint density at radius 2 is 2.08 bits per heavy atom. The Morgan fingerprint density at radius 1 is 1.20 bits per heavy atom. The first-order valence-electron chi connectivity index (χ1n) is 7.36. The lowest BCUT2D eigenvalue weighted by atomic mass is 10.3. The van der Waals surface area contributed by atoms with Gasteiger partial charge in [0.25, 0.3) is 5.91 Å². The van der Waals surface area contributed by atoms with Crippen molar-refractivity contribution in [1.29, 1.82) is 0 Å². The van der Waals surface area contributed by atoms with Crippen LogP contribution in [0, 0.1) is 0 Å². The molecule has 0 saturated carbocycles. The summed E-state index contributed by atoms with van der Waals surface area (Å²) >= 11 is 4.39. The van der Waals surface area contributed by atoms with E-state index in [-0.39, 0.29) is 18.2 Å². The van der Waals surface area contributed by atoms with E-state index in [4.69, 9.17) is 0 Å². The molecule has 0 spiro atoms. The lowest BCUT2D eigenvalue weighted by Crippen LogP contribution is -2.15. The molecule has 2 amide bonds. The van der Waals surface area contributed by atoms with Crippen LogP contribution in [0.3, 0.4) is 0 Å². The molecule has 2 heterocycles. The van der Waals surface area contributed by atoms with Gasteiger partial charge in [0.1, 0.15) is 0 Å². The van der Waals surface area contributed by atoms with Crippen LogP contribution in [-0.2, 0) is 11.2 Å². The number of rotatable bonds is 6. The maximum atomic E-state index is 12.2. The quantitative estimate of drug-likeness (QED) is 0.615. The Kier molecular flexibility index (Phi) is 5.85. The molecule has 0 unspecified atom stereocenters. The molecule has 25 heavy (non-hydrogen) atoms. The van der Waals surface area contributed by atoms with Crippen molar-refractivity contribution in [2.75, 3.05) is 16.9 Å². The number of thiazole rings is 1. The standard InChI is InChI=1S/C17H15N3O2S3/c1-23-14-4-2-3-12(7-14)18-15(21)8-13-10-25-17(19-13)20-16(22)11-5-6-24-9-11/h2-7,9-10H,8H2,1H3,(H,18,21)(H,19,20,22). The van der Waals surface area contributed by atoms with Gasteiger partial charge in [0.05, 0.1) is 17.7 Å². The number of amides is 2. The highest BCUT2D eigenvalue weighted by molar-refractivity contribution is 7.98. The molecule has 1 aromatic carbocycles. The molecule has 3 rings (SSSR count). The summed E-state index contributed by atoms with van der Waals surface area (Å²) in [5, 5.41) is 11.5. The van der Waals surface area contributed by atoms with Crippen LogP contribution in [0.1, 0.15) is 16.1 Å². The fourth-order valence-electron chi connectivity index (χ4n) is 2.08. The van der Waals surface area contributed by atoms with E-state index in [9.17, 15) is 9.59 Å². The van der Waals surface area contributed by atoms with Crippen LogP contribution < -0.4 is 10.6 Å². The van der Waals surface area contributed by atoms with Gasteiger partial charge in [-0.1, -0.05) is 6.07 Å². The Balaban J connectivity index is 1.57. The third-order valence-corrected chi connectivity index (χ3v) is 5.47. The van der Waals surface area contributed by atoms with E-state index in [1.807, 2.05) is 35.9 Å². The van der Waals surface area contributed by atoms with Crippen LogP contribution in [0.25, 0.3) is 0 Å². The Morgan fingerprint density at radius 3 is 2.84 bits per heavy atom. The SMILES string of the molecule is CSc1cccc(NC(=O)Cc2csc(NC(=O)c3ccsc3)n2)c1. The number of benzene rings is 1. The lowest BCUT2D eigenvalue weighted by Gasteiger charge is -2.05. The second-order valence-corrected chi connectivity index (χ2v) is 7.58. The van der Waals surface area contributed by atoms with Crippen LogP contribution in [0.2, 0.25) is 0 Å². The summed E-state index contributed by atoms with van der Waals surface area (Å²) in [6.07, 6.45) is 2.15. The number of nitrogens with zero attached hydrogens (tertiary/aromatic N) is 1. The number of carbonyl (C=O) groups is 2. The zero-order valence-electron chi connectivity index (χ0n) is 13.3. The molecule has 0 saturated heterocycles. The predicted molar refractivity (Wildman–Crippen MR) is 105 cm³/mol. The van der Waals surface area contributed by atoms with E-state index < -0.39 is 0 Å². The summed E-state index contributed by atoms with van der Waals surface area (Å²) in [6.45, 7) is 0. The average molecular weight is 390 g/mol. The van der Waals surface area contributed by atoms with Crippen molar-refractivity contribution in [3.8, 4) is 0 Å². The largest absolute Gasteiger partial charge is 0.326 e. The van der Waals surface area contributed by atoms with E-state index in [1.54, 1.807) is 28.6 Å². The summed E-state index contributed by atoms with van der Waals surface area (Å²) < 4.78 is 0. The predicted octanol–water partition coefficient (Wildman–Crippen LogP) is 4.36. The summed E-state index contributed by atoms with van der Waals surface area (Å²) in [4.78, 5) is 29.5. The number of nitrogens with one attached hydrogen (secondary N) is 2. The van der Waals surface area contributed by atoms with Gasteiger partial charge in [-0.15, -0.1) is 23.1 Å².